The average molecular weight is 316 g/mol. The SMILES string of the molecule is CC(C)Oc1ccccc1-c1ncc(C2(C(N)=O)CCC2)s1. The van der Waals surface area contributed by atoms with Gasteiger partial charge in [-0.1, -0.05) is 18.6 Å². The van der Waals surface area contributed by atoms with Crippen molar-refractivity contribution in [1.29, 1.82) is 0 Å². The number of benzene rings is 1. The lowest BCUT2D eigenvalue weighted by molar-refractivity contribution is -0.126. The van der Waals surface area contributed by atoms with Gasteiger partial charge < -0.3 is 10.5 Å². The zero-order valence-corrected chi connectivity index (χ0v) is 13.7. The minimum absolute atomic E-state index is 0.101. The highest BCUT2D eigenvalue weighted by atomic mass is 32.1. The Kier molecular flexibility index (Phi) is 3.91. The molecule has 0 unspecified atom stereocenters. The molecule has 1 aliphatic rings. The Morgan fingerprint density at radius 2 is 2.09 bits per heavy atom. The van der Waals surface area contributed by atoms with Crippen LogP contribution < -0.4 is 10.5 Å². The first-order valence-corrected chi connectivity index (χ1v) is 8.37. The number of para-hydroxylation sites is 1. The average Bonchev–Trinajstić information content (AvgIpc) is 2.86. The number of aromatic nitrogens is 1. The van der Waals surface area contributed by atoms with E-state index in [0.29, 0.717) is 0 Å². The molecule has 1 amide bonds. The smallest absolute Gasteiger partial charge is 0.228 e. The van der Waals surface area contributed by atoms with Crippen molar-refractivity contribution in [2.75, 3.05) is 0 Å². The minimum atomic E-state index is -0.496. The van der Waals surface area contributed by atoms with Gasteiger partial charge in [-0.15, -0.1) is 11.3 Å². The predicted molar refractivity (Wildman–Crippen MR) is 88.0 cm³/mol. The van der Waals surface area contributed by atoms with Crippen molar-refractivity contribution in [3.05, 3.63) is 35.3 Å². The van der Waals surface area contributed by atoms with Gasteiger partial charge in [0.15, 0.2) is 0 Å². The van der Waals surface area contributed by atoms with E-state index in [1.165, 1.54) is 0 Å². The van der Waals surface area contributed by atoms with Gasteiger partial charge in [-0.05, 0) is 38.8 Å². The van der Waals surface area contributed by atoms with Crippen LogP contribution in [0, 0.1) is 0 Å². The van der Waals surface area contributed by atoms with Crippen molar-refractivity contribution >= 4 is 17.2 Å². The number of primary amides is 1. The zero-order chi connectivity index (χ0) is 15.7. The van der Waals surface area contributed by atoms with Gasteiger partial charge in [-0.25, -0.2) is 4.98 Å². The van der Waals surface area contributed by atoms with Crippen molar-refractivity contribution in [3.8, 4) is 16.3 Å². The van der Waals surface area contributed by atoms with Gasteiger partial charge in [0.25, 0.3) is 0 Å². The highest BCUT2D eigenvalue weighted by Crippen LogP contribution is 2.47. The number of hydrogen-bond donors (Lipinski definition) is 1. The maximum Gasteiger partial charge on any atom is 0.228 e. The standard InChI is InChI=1S/C17H20N2O2S/c1-11(2)21-13-7-4-3-6-12(13)15-19-10-14(22-15)17(16(18)20)8-5-9-17/h3-4,6-7,10-11H,5,8-9H2,1-2H3,(H2,18,20). The van der Waals surface area contributed by atoms with Crippen LogP contribution >= 0.6 is 11.3 Å². The summed E-state index contributed by atoms with van der Waals surface area (Å²) in [6.07, 6.45) is 4.60. The maximum atomic E-state index is 11.8. The van der Waals surface area contributed by atoms with Crippen LogP contribution in [0.3, 0.4) is 0 Å². The number of hydrogen-bond acceptors (Lipinski definition) is 4. The van der Waals surface area contributed by atoms with Crippen LogP contribution in [0.25, 0.3) is 10.6 Å². The molecule has 0 spiro atoms. The third-order valence-electron chi connectivity index (χ3n) is 4.14. The van der Waals surface area contributed by atoms with Gasteiger partial charge >= 0.3 is 0 Å². The minimum Gasteiger partial charge on any atom is -0.490 e. The van der Waals surface area contributed by atoms with E-state index in [2.05, 4.69) is 4.98 Å². The van der Waals surface area contributed by atoms with E-state index in [4.69, 9.17) is 10.5 Å². The van der Waals surface area contributed by atoms with Gasteiger partial charge in [0, 0.05) is 11.1 Å². The van der Waals surface area contributed by atoms with Gasteiger partial charge in [-0.2, -0.15) is 0 Å². The van der Waals surface area contributed by atoms with E-state index in [1.54, 1.807) is 17.5 Å². The molecule has 1 aromatic carbocycles. The highest BCUT2D eigenvalue weighted by Gasteiger charge is 2.45. The molecule has 0 atom stereocenters. The maximum absolute atomic E-state index is 11.8. The van der Waals surface area contributed by atoms with Crippen LogP contribution in [0.2, 0.25) is 0 Å². The third-order valence-corrected chi connectivity index (χ3v) is 5.37. The van der Waals surface area contributed by atoms with E-state index in [1.807, 2.05) is 38.1 Å². The van der Waals surface area contributed by atoms with E-state index in [0.717, 1.165) is 40.5 Å². The number of nitrogens with zero attached hydrogens (tertiary/aromatic N) is 1. The normalized spacial score (nSPS) is 16.3. The van der Waals surface area contributed by atoms with Crippen LogP contribution in [-0.2, 0) is 10.2 Å². The van der Waals surface area contributed by atoms with Crippen molar-refractivity contribution in [2.24, 2.45) is 5.73 Å². The second-order valence-electron chi connectivity index (χ2n) is 5.99. The molecule has 0 radical (unpaired) electrons. The second-order valence-corrected chi connectivity index (χ2v) is 7.02. The van der Waals surface area contributed by atoms with Crippen molar-refractivity contribution in [3.63, 3.8) is 0 Å². The summed E-state index contributed by atoms with van der Waals surface area (Å²) in [5.74, 6) is 0.584. The summed E-state index contributed by atoms with van der Waals surface area (Å²) in [6, 6.07) is 7.87. The molecule has 1 heterocycles. The Morgan fingerprint density at radius 3 is 2.68 bits per heavy atom. The summed E-state index contributed by atoms with van der Waals surface area (Å²) >= 11 is 1.55. The quantitative estimate of drug-likeness (QED) is 0.918. The Bertz CT molecular complexity index is 689. The monoisotopic (exact) mass is 316 g/mol. The third kappa shape index (κ3) is 2.50. The molecule has 0 aliphatic heterocycles. The molecule has 116 valence electrons. The van der Waals surface area contributed by atoms with Gasteiger partial charge in [0.2, 0.25) is 5.91 Å². The van der Waals surface area contributed by atoms with E-state index >= 15 is 0 Å². The summed E-state index contributed by atoms with van der Waals surface area (Å²) < 4.78 is 5.86. The molecule has 2 N–H and O–H groups in total. The molecule has 22 heavy (non-hydrogen) atoms. The first kappa shape index (κ1) is 15.0. The summed E-state index contributed by atoms with van der Waals surface area (Å²) in [5, 5.41) is 0.874. The number of amides is 1. The zero-order valence-electron chi connectivity index (χ0n) is 12.8. The number of carbonyl (C=O) groups is 1. The summed E-state index contributed by atoms with van der Waals surface area (Å²) in [7, 11) is 0. The van der Waals surface area contributed by atoms with Crippen LogP contribution in [0.1, 0.15) is 38.0 Å². The Morgan fingerprint density at radius 1 is 1.36 bits per heavy atom. The van der Waals surface area contributed by atoms with Crippen molar-refractivity contribution in [1.82, 2.24) is 4.98 Å². The molecule has 1 aliphatic carbocycles. The largest absolute Gasteiger partial charge is 0.490 e. The highest BCUT2D eigenvalue weighted by molar-refractivity contribution is 7.15. The molecular weight excluding hydrogens is 296 g/mol. The number of thiazole rings is 1. The van der Waals surface area contributed by atoms with E-state index in [-0.39, 0.29) is 12.0 Å². The lowest BCUT2D eigenvalue weighted by Gasteiger charge is -2.37. The van der Waals surface area contributed by atoms with Gasteiger partial charge in [0.05, 0.1) is 17.1 Å². The predicted octanol–water partition coefficient (Wildman–Crippen LogP) is 3.50. The van der Waals surface area contributed by atoms with Crippen LogP contribution in [0.15, 0.2) is 30.5 Å². The fraction of sp³-hybridized carbons (Fsp3) is 0.412. The molecule has 4 nitrogen and oxygen atoms in total. The Labute approximate surface area is 134 Å². The van der Waals surface area contributed by atoms with E-state index in [9.17, 15) is 4.79 Å². The molecule has 2 aromatic rings. The Balaban J connectivity index is 1.96. The first-order valence-electron chi connectivity index (χ1n) is 7.55. The summed E-state index contributed by atoms with van der Waals surface area (Å²) in [4.78, 5) is 17.3. The van der Waals surface area contributed by atoms with Gasteiger partial charge in [-0.3, -0.25) is 4.79 Å². The molecule has 1 saturated carbocycles. The second kappa shape index (κ2) is 5.72. The molecular formula is C17H20N2O2S. The van der Waals surface area contributed by atoms with E-state index < -0.39 is 5.41 Å². The van der Waals surface area contributed by atoms with Crippen LogP contribution in [-0.4, -0.2) is 17.0 Å². The van der Waals surface area contributed by atoms with Crippen molar-refractivity contribution < 1.29 is 9.53 Å². The lowest BCUT2D eigenvalue weighted by atomic mass is 9.67. The fourth-order valence-electron chi connectivity index (χ4n) is 2.76. The summed E-state index contributed by atoms with van der Waals surface area (Å²) in [5.41, 5.74) is 6.09. The molecule has 0 bridgehead atoms. The molecule has 5 heteroatoms. The number of nitrogens with two attached hydrogens (primary N) is 1. The van der Waals surface area contributed by atoms with Crippen LogP contribution in [0.5, 0.6) is 5.75 Å². The molecule has 1 fully saturated rings. The number of rotatable bonds is 5. The molecule has 0 saturated heterocycles. The lowest BCUT2D eigenvalue weighted by Crippen LogP contribution is -2.46. The number of carbonyl (C=O) groups excluding carboxylic acids is 1. The van der Waals surface area contributed by atoms with Gasteiger partial charge in [0.1, 0.15) is 10.8 Å². The molecule has 3 rings (SSSR count). The van der Waals surface area contributed by atoms with Crippen LogP contribution in [0.4, 0.5) is 0 Å². The Hall–Kier alpha value is -1.88. The summed E-state index contributed by atoms with van der Waals surface area (Å²) in [6.45, 7) is 4.00. The first-order chi connectivity index (χ1) is 10.5. The number of ether oxygens (including phenoxy) is 1. The fourth-order valence-corrected chi connectivity index (χ4v) is 3.96. The topological polar surface area (TPSA) is 65.2 Å². The van der Waals surface area contributed by atoms with Crippen molar-refractivity contribution in [2.45, 2.75) is 44.6 Å². The molecule has 1 aromatic heterocycles.